The Hall–Kier alpha value is -0.690. The monoisotopic (exact) mass is 249 g/mol. The fraction of sp³-hybridized carbons (Fsp3) is 0.909. The lowest BCUT2D eigenvalue weighted by Gasteiger charge is -2.06. The second-order valence-electron chi connectivity index (χ2n) is 3.25. The number of carbonyl (C=O) groups is 1. The van der Waals surface area contributed by atoms with Gasteiger partial charge in [-0.2, -0.15) is 0 Å². The molecule has 0 aliphatic heterocycles. The number of rotatable bonds is 13. The van der Waals surface area contributed by atoms with E-state index in [4.69, 9.17) is 24.7 Å². The molecule has 0 spiro atoms. The highest BCUT2D eigenvalue weighted by Crippen LogP contribution is 1.84. The number of carbonyl (C=O) groups excluding carboxylic acids is 1. The van der Waals surface area contributed by atoms with Gasteiger partial charge in [-0.25, -0.2) is 0 Å². The number of primary amides is 1. The van der Waals surface area contributed by atoms with Crippen molar-refractivity contribution in [1.29, 1.82) is 0 Å². The SMILES string of the molecule is CCOCCOCCOCCOCCC(N)=O. The van der Waals surface area contributed by atoms with Crippen LogP contribution in [0.15, 0.2) is 0 Å². The fourth-order valence-corrected chi connectivity index (χ4v) is 0.977. The number of hydrogen-bond acceptors (Lipinski definition) is 5. The van der Waals surface area contributed by atoms with Crippen LogP contribution >= 0.6 is 0 Å². The van der Waals surface area contributed by atoms with Crippen LogP contribution in [0.4, 0.5) is 0 Å². The van der Waals surface area contributed by atoms with Crippen molar-refractivity contribution in [2.75, 3.05) is 52.9 Å². The maximum Gasteiger partial charge on any atom is 0.219 e. The fourth-order valence-electron chi connectivity index (χ4n) is 0.977. The van der Waals surface area contributed by atoms with Gasteiger partial charge in [0.25, 0.3) is 0 Å². The summed E-state index contributed by atoms with van der Waals surface area (Å²) in [6.07, 6.45) is 0.251. The van der Waals surface area contributed by atoms with E-state index in [-0.39, 0.29) is 12.3 Å². The van der Waals surface area contributed by atoms with Gasteiger partial charge in [0.05, 0.1) is 46.2 Å². The zero-order valence-electron chi connectivity index (χ0n) is 10.5. The highest BCUT2D eigenvalue weighted by molar-refractivity contribution is 5.73. The van der Waals surface area contributed by atoms with Crippen LogP contribution in [-0.2, 0) is 23.7 Å². The largest absolute Gasteiger partial charge is 0.379 e. The Bertz CT molecular complexity index is 177. The van der Waals surface area contributed by atoms with Gasteiger partial charge >= 0.3 is 0 Å². The average Bonchev–Trinajstić information content (AvgIpc) is 2.30. The van der Waals surface area contributed by atoms with Gasteiger partial charge in [0, 0.05) is 13.0 Å². The summed E-state index contributed by atoms with van der Waals surface area (Å²) < 4.78 is 20.7. The number of hydrogen-bond donors (Lipinski definition) is 1. The number of amides is 1. The van der Waals surface area contributed by atoms with Crippen molar-refractivity contribution in [2.45, 2.75) is 13.3 Å². The molecule has 0 unspecified atom stereocenters. The molecular weight excluding hydrogens is 226 g/mol. The van der Waals surface area contributed by atoms with E-state index in [0.29, 0.717) is 52.9 Å². The lowest BCUT2D eigenvalue weighted by atomic mass is 10.4. The minimum absolute atomic E-state index is 0.251. The van der Waals surface area contributed by atoms with Crippen molar-refractivity contribution in [3.8, 4) is 0 Å². The quantitative estimate of drug-likeness (QED) is 0.463. The van der Waals surface area contributed by atoms with Gasteiger partial charge in [-0.05, 0) is 6.92 Å². The van der Waals surface area contributed by atoms with Crippen molar-refractivity contribution in [3.05, 3.63) is 0 Å². The topological polar surface area (TPSA) is 80.0 Å². The summed E-state index contributed by atoms with van der Waals surface area (Å²) in [4.78, 5) is 10.4. The van der Waals surface area contributed by atoms with Crippen LogP contribution in [0.1, 0.15) is 13.3 Å². The van der Waals surface area contributed by atoms with E-state index in [1.165, 1.54) is 0 Å². The van der Waals surface area contributed by atoms with Crippen molar-refractivity contribution >= 4 is 5.91 Å². The van der Waals surface area contributed by atoms with E-state index in [2.05, 4.69) is 0 Å². The van der Waals surface area contributed by atoms with Crippen molar-refractivity contribution in [1.82, 2.24) is 0 Å². The summed E-state index contributed by atoms with van der Waals surface area (Å²) >= 11 is 0. The predicted molar refractivity (Wildman–Crippen MR) is 62.8 cm³/mol. The van der Waals surface area contributed by atoms with Gasteiger partial charge in [0.15, 0.2) is 0 Å². The molecule has 0 bridgehead atoms. The Balaban J connectivity index is 2.91. The first-order valence-electron chi connectivity index (χ1n) is 5.86. The molecule has 0 rings (SSSR count). The molecule has 102 valence electrons. The Morgan fingerprint density at radius 3 is 1.65 bits per heavy atom. The molecule has 0 aromatic heterocycles. The Morgan fingerprint density at radius 1 is 0.824 bits per heavy atom. The van der Waals surface area contributed by atoms with E-state index in [0.717, 1.165) is 0 Å². The third kappa shape index (κ3) is 15.3. The number of ether oxygens (including phenoxy) is 4. The van der Waals surface area contributed by atoms with Gasteiger partial charge in [-0.1, -0.05) is 0 Å². The predicted octanol–water partition coefficient (Wildman–Crippen LogP) is -0.0519. The van der Waals surface area contributed by atoms with E-state index in [9.17, 15) is 4.79 Å². The van der Waals surface area contributed by atoms with Crippen LogP contribution in [0.5, 0.6) is 0 Å². The van der Waals surface area contributed by atoms with E-state index in [1.807, 2.05) is 6.92 Å². The summed E-state index contributed by atoms with van der Waals surface area (Å²) in [7, 11) is 0. The molecule has 0 heterocycles. The molecule has 0 saturated heterocycles. The Kier molecular flexibility index (Phi) is 12.8. The van der Waals surface area contributed by atoms with Crippen molar-refractivity contribution in [2.24, 2.45) is 5.73 Å². The summed E-state index contributed by atoms with van der Waals surface area (Å²) in [5, 5.41) is 0. The molecular formula is C11H23NO5. The van der Waals surface area contributed by atoms with E-state index in [1.54, 1.807) is 0 Å². The van der Waals surface area contributed by atoms with Gasteiger partial charge < -0.3 is 24.7 Å². The molecule has 0 radical (unpaired) electrons. The molecule has 0 aromatic carbocycles. The first-order chi connectivity index (χ1) is 8.27. The van der Waals surface area contributed by atoms with Gasteiger partial charge in [-0.3, -0.25) is 4.79 Å². The first kappa shape index (κ1) is 16.3. The molecule has 0 saturated carbocycles. The smallest absolute Gasteiger partial charge is 0.219 e. The molecule has 6 nitrogen and oxygen atoms in total. The molecule has 0 fully saturated rings. The van der Waals surface area contributed by atoms with E-state index < -0.39 is 0 Å². The highest BCUT2D eigenvalue weighted by Gasteiger charge is 1.94. The minimum Gasteiger partial charge on any atom is -0.379 e. The summed E-state index contributed by atoms with van der Waals surface area (Å²) in [5.41, 5.74) is 4.95. The van der Waals surface area contributed by atoms with Gasteiger partial charge in [0.2, 0.25) is 5.91 Å². The third-order valence-corrected chi connectivity index (χ3v) is 1.81. The normalized spacial score (nSPS) is 10.6. The summed E-state index contributed by atoms with van der Waals surface area (Å²) in [6.45, 7) is 6.26. The molecule has 0 aromatic rings. The average molecular weight is 249 g/mol. The van der Waals surface area contributed by atoms with Crippen LogP contribution < -0.4 is 5.73 Å². The Labute approximate surface area is 102 Å². The minimum atomic E-state index is -0.353. The number of nitrogens with two attached hydrogens (primary N) is 1. The van der Waals surface area contributed by atoms with Crippen molar-refractivity contribution in [3.63, 3.8) is 0 Å². The zero-order valence-corrected chi connectivity index (χ0v) is 10.5. The lowest BCUT2D eigenvalue weighted by molar-refractivity contribution is -0.119. The van der Waals surface area contributed by atoms with Crippen molar-refractivity contribution < 1.29 is 23.7 Å². The third-order valence-electron chi connectivity index (χ3n) is 1.81. The van der Waals surface area contributed by atoms with Gasteiger partial charge in [-0.15, -0.1) is 0 Å². The van der Waals surface area contributed by atoms with Crippen LogP contribution in [0.25, 0.3) is 0 Å². The maximum atomic E-state index is 10.4. The molecule has 1 amide bonds. The molecule has 0 atom stereocenters. The summed E-state index contributed by atoms with van der Waals surface area (Å²) in [5.74, 6) is -0.353. The molecule has 2 N–H and O–H groups in total. The molecule has 0 aliphatic carbocycles. The van der Waals surface area contributed by atoms with Gasteiger partial charge in [0.1, 0.15) is 0 Å². The zero-order chi connectivity index (χ0) is 12.8. The molecule has 17 heavy (non-hydrogen) atoms. The maximum absolute atomic E-state index is 10.4. The highest BCUT2D eigenvalue weighted by atomic mass is 16.6. The Morgan fingerprint density at radius 2 is 1.24 bits per heavy atom. The van der Waals surface area contributed by atoms with Crippen LogP contribution in [0.2, 0.25) is 0 Å². The van der Waals surface area contributed by atoms with Crippen LogP contribution in [0.3, 0.4) is 0 Å². The first-order valence-corrected chi connectivity index (χ1v) is 5.86. The van der Waals surface area contributed by atoms with Crippen LogP contribution in [-0.4, -0.2) is 58.8 Å². The lowest BCUT2D eigenvalue weighted by Crippen LogP contribution is -2.15. The van der Waals surface area contributed by atoms with Crippen LogP contribution in [0, 0.1) is 0 Å². The van der Waals surface area contributed by atoms with E-state index >= 15 is 0 Å². The molecule has 6 heteroatoms. The second kappa shape index (κ2) is 13.4. The summed E-state index contributed by atoms with van der Waals surface area (Å²) in [6, 6.07) is 0. The molecule has 0 aliphatic rings. The second-order valence-corrected chi connectivity index (χ2v) is 3.25. The standard InChI is InChI=1S/C11H23NO5/c1-2-14-5-6-16-9-10-17-8-7-15-4-3-11(12)13/h2-10H2,1H3,(H2,12,13).